The fourth-order valence-corrected chi connectivity index (χ4v) is 1.07. The van der Waals surface area contributed by atoms with Crippen LogP contribution in [-0.2, 0) is 17.6 Å². The molecule has 0 bridgehead atoms. The highest BCUT2D eigenvalue weighted by molar-refractivity contribution is 5.70. The van der Waals surface area contributed by atoms with Gasteiger partial charge in [0.2, 0.25) is 0 Å². The molecule has 2 nitrogen and oxygen atoms in total. The maximum absolute atomic E-state index is 10.3. The van der Waals surface area contributed by atoms with Crippen LogP contribution in [0.2, 0.25) is 0 Å². The third kappa shape index (κ3) is 4.65. The van der Waals surface area contributed by atoms with E-state index in [-0.39, 0.29) is 6.42 Å². The molecular formula is C12H18O2. The van der Waals surface area contributed by atoms with E-state index in [9.17, 15) is 4.79 Å². The molecular weight excluding hydrogens is 176 g/mol. The first kappa shape index (κ1) is 12.7. The van der Waals surface area contributed by atoms with Gasteiger partial charge in [0.05, 0.1) is 6.42 Å². The molecule has 1 aromatic rings. The van der Waals surface area contributed by atoms with Crippen molar-refractivity contribution < 1.29 is 9.90 Å². The molecule has 0 saturated carbocycles. The van der Waals surface area contributed by atoms with Gasteiger partial charge < -0.3 is 5.11 Å². The van der Waals surface area contributed by atoms with Gasteiger partial charge >= 0.3 is 5.97 Å². The molecule has 0 saturated heterocycles. The van der Waals surface area contributed by atoms with E-state index in [4.69, 9.17) is 5.11 Å². The normalized spacial score (nSPS) is 8.79. The second-order valence-corrected chi connectivity index (χ2v) is 2.74. The van der Waals surface area contributed by atoms with E-state index in [1.165, 1.54) is 5.56 Å². The van der Waals surface area contributed by atoms with Crippen molar-refractivity contribution in [3.63, 3.8) is 0 Å². The Kier molecular flexibility index (Phi) is 6.46. The number of carboxylic acid groups (broad SMARTS) is 1. The molecule has 14 heavy (non-hydrogen) atoms. The Balaban J connectivity index is 0.000000791. The lowest BCUT2D eigenvalue weighted by Crippen LogP contribution is -1.99. The van der Waals surface area contributed by atoms with E-state index in [2.05, 4.69) is 6.92 Å². The van der Waals surface area contributed by atoms with E-state index in [0.29, 0.717) is 0 Å². The molecule has 0 aromatic heterocycles. The van der Waals surface area contributed by atoms with Crippen LogP contribution in [0.5, 0.6) is 0 Å². The van der Waals surface area contributed by atoms with Gasteiger partial charge in [0.15, 0.2) is 0 Å². The first-order valence-electron chi connectivity index (χ1n) is 5.02. The lowest BCUT2D eigenvalue weighted by atomic mass is 10.1. The topological polar surface area (TPSA) is 37.3 Å². The smallest absolute Gasteiger partial charge is 0.307 e. The van der Waals surface area contributed by atoms with Crippen LogP contribution in [0.3, 0.4) is 0 Å². The number of rotatable bonds is 3. The predicted octanol–water partition coefficient (Wildman–Crippen LogP) is 2.90. The zero-order valence-corrected chi connectivity index (χ0v) is 9.08. The van der Waals surface area contributed by atoms with E-state index in [1.807, 2.05) is 38.1 Å². The third-order valence-corrected chi connectivity index (χ3v) is 1.79. The molecule has 1 aromatic carbocycles. The molecule has 0 unspecified atom stereocenters. The van der Waals surface area contributed by atoms with Crippen LogP contribution < -0.4 is 0 Å². The largest absolute Gasteiger partial charge is 0.481 e. The van der Waals surface area contributed by atoms with Crippen molar-refractivity contribution >= 4 is 5.97 Å². The van der Waals surface area contributed by atoms with Crippen LogP contribution in [0.1, 0.15) is 31.9 Å². The quantitative estimate of drug-likeness (QED) is 0.803. The summed E-state index contributed by atoms with van der Waals surface area (Å²) in [4.78, 5) is 10.3. The average Bonchev–Trinajstić information content (AvgIpc) is 2.21. The fourth-order valence-electron chi connectivity index (χ4n) is 1.07. The third-order valence-electron chi connectivity index (χ3n) is 1.79. The minimum absolute atomic E-state index is 0.115. The van der Waals surface area contributed by atoms with Gasteiger partial charge in [-0.25, -0.2) is 0 Å². The van der Waals surface area contributed by atoms with Crippen molar-refractivity contribution in [2.45, 2.75) is 33.6 Å². The number of aliphatic carboxylic acids is 1. The molecule has 1 N–H and O–H groups in total. The van der Waals surface area contributed by atoms with Crippen molar-refractivity contribution in [3.05, 3.63) is 35.4 Å². The molecule has 2 heteroatoms. The van der Waals surface area contributed by atoms with E-state index in [0.717, 1.165) is 12.0 Å². The van der Waals surface area contributed by atoms with Gasteiger partial charge in [0, 0.05) is 0 Å². The maximum Gasteiger partial charge on any atom is 0.307 e. The lowest BCUT2D eigenvalue weighted by molar-refractivity contribution is -0.136. The summed E-state index contributed by atoms with van der Waals surface area (Å²) in [5, 5.41) is 8.49. The summed E-state index contributed by atoms with van der Waals surface area (Å²) in [7, 11) is 0. The van der Waals surface area contributed by atoms with Crippen molar-refractivity contribution in [1.29, 1.82) is 0 Å². The Morgan fingerprint density at radius 2 is 1.57 bits per heavy atom. The summed E-state index contributed by atoms with van der Waals surface area (Å²) in [6.45, 7) is 6.08. The van der Waals surface area contributed by atoms with Gasteiger partial charge in [-0.3, -0.25) is 4.79 Å². The van der Waals surface area contributed by atoms with Crippen LogP contribution in [0.15, 0.2) is 24.3 Å². The van der Waals surface area contributed by atoms with Gasteiger partial charge in [0.1, 0.15) is 0 Å². The maximum atomic E-state index is 10.3. The second kappa shape index (κ2) is 7.13. The Bertz CT molecular complexity index is 262. The summed E-state index contributed by atoms with van der Waals surface area (Å²) in [6, 6.07) is 7.68. The average molecular weight is 194 g/mol. The van der Waals surface area contributed by atoms with Gasteiger partial charge in [-0.2, -0.15) is 0 Å². The predicted molar refractivity (Wildman–Crippen MR) is 58.5 cm³/mol. The number of aryl methyl sites for hydroxylation is 1. The Morgan fingerprint density at radius 1 is 1.14 bits per heavy atom. The van der Waals surface area contributed by atoms with Crippen LogP contribution in [0, 0.1) is 0 Å². The van der Waals surface area contributed by atoms with E-state index < -0.39 is 5.97 Å². The van der Waals surface area contributed by atoms with E-state index >= 15 is 0 Å². The molecule has 0 radical (unpaired) electrons. The molecule has 0 heterocycles. The number of carbonyl (C=O) groups is 1. The van der Waals surface area contributed by atoms with E-state index in [1.54, 1.807) is 0 Å². The summed E-state index contributed by atoms with van der Waals surface area (Å²) < 4.78 is 0. The summed E-state index contributed by atoms with van der Waals surface area (Å²) >= 11 is 0. The van der Waals surface area contributed by atoms with Gasteiger partial charge in [-0.05, 0) is 17.5 Å². The first-order valence-corrected chi connectivity index (χ1v) is 5.02. The number of hydrogen-bond acceptors (Lipinski definition) is 1. The van der Waals surface area contributed by atoms with Gasteiger partial charge in [-0.15, -0.1) is 0 Å². The zero-order valence-electron chi connectivity index (χ0n) is 9.08. The standard InChI is InChI=1S/C10H12O2.C2H6/c1-2-8-3-5-9(6-4-8)7-10(11)12;1-2/h3-6H,2,7H2,1H3,(H,11,12);1-2H3. The highest BCUT2D eigenvalue weighted by Crippen LogP contribution is 2.05. The van der Waals surface area contributed by atoms with Crippen LogP contribution in [0.4, 0.5) is 0 Å². The first-order chi connectivity index (χ1) is 6.72. The number of carboxylic acids is 1. The monoisotopic (exact) mass is 194 g/mol. The Labute approximate surface area is 85.6 Å². The minimum Gasteiger partial charge on any atom is -0.481 e. The molecule has 0 fully saturated rings. The molecule has 0 aliphatic rings. The van der Waals surface area contributed by atoms with Crippen LogP contribution in [-0.4, -0.2) is 11.1 Å². The van der Waals surface area contributed by atoms with Crippen molar-refractivity contribution in [2.75, 3.05) is 0 Å². The van der Waals surface area contributed by atoms with Crippen LogP contribution in [0.25, 0.3) is 0 Å². The Hall–Kier alpha value is -1.31. The number of benzene rings is 1. The minimum atomic E-state index is -0.778. The molecule has 0 aliphatic carbocycles. The molecule has 78 valence electrons. The van der Waals surface area contributed by atoms with Crippen molar-refractivity contribution in [2.24, 2.45) is 0 Å². The van der Waals surface area contributed by atoms with Crippen molar-refractivity contribution in [1.82, 2.24) is 0 Å². The fraction of sp³-hybridized carbons (Fsp3) is 0.417. The molecule has 1 rings (SSSR count). The molecule has 0 amide bonds. The van der Waals surface area contributed by atoms with Crippen LogP contribution >= 0.6 is 0 Å². The number of hydrogen-bond donors (Lipinski definition) is 1. The molecule has 0 aliphatic heterocycles. The molecule has 0 atom stereocenters. The summed E-state index contributed by atoms with van der Waals surface area (Å²) in [5.74, 6) is -0.778. The SMILES string of the molecule is CC.CCc1ccc(CC(=O)O)cc1. The summed E-state index contributed by atoms with van der Waals surface area (Å²) in [6.07, 6.45) is 1.11. The second-order valence-electron chi connectivity index (χ2n) is 2.74. The highest BCUT2D eigenvalue weighted by atomic mass is 16.4. The van der Waals surface area contributed by atoms with Gasteiger partial charge in [0.25, 0.3) is 0 Å². The lowest BCUT2D eigenvalue weighted by Gasteiger charge is -1.98. The van der Waals surface area contributed by atoms with Crippen molar-refractivity contribution in [3.8, 4) is 0 Å². The Morgan fingerprint density at radius 3 is 1.93 bits per heavy atom. The highest BCUT2D eigenvalue weighted by Gasteiger charge is 1.98. The molecule has 0 spiro atoms. The zero-order chi connectivity index (χ0) is 11.0. The summed E-state index contributed by atoms with van der Waals surface area (Å²) in [5.41, 5.74) is 2.10. The van der Waals surface area contributed by atoms with Gasteiger partial charge in [-0.1, -0.05) is 45.0 Å².